The van der Waals surface area contributed by atoms with Gasteiger partial charge in [0.05, 0.1) is 17.6 Å². The van der Waals surface area contributed by atoms with Gasteiger partial charge in [0.2, 0.25) is 0 Å². The van der Waals surface area contributed by atoms with Crippen LogP contribution in [0.1, 0.15) is 27.2 Å². The Morgan fingerprint density at radius 2 is 2.25 bits per heavy atom. The zero-order valence-electron chi connectivity index (χ0n) is 7.79. The van der Waals surface area contributed by atoms with Crippen LogP contribution >= 0.6 is 0 Å². The fraction of sp³-hybridized carbons (Fsp3) is 0.889. The minimum atomic E-state index is -0.984. The highest BCUT2D eigenvalue weighted by atomic mass is 16.5. The van der Waals surface area contributed by atoms with Gasteiger partial charge in [0.25, 0.3) is 0 Å². The third-order valence-electron chi connectivity index (χ3n) is 2.89. The molecule has 1 heterocycles. The smallest absolute Gasteiger partial charge is 0.111 e. The summed E-state index contributed by atoms with van der Waals surface area (Å²) >= 11 is 0. The molecule has 0 aromatic carbocycles. The van der Waals surface area contributed by atoms with Crippen LogP contribution in [0.25, 0.3) is 0 Å². The van der Waals surface area contributed by atoms with Crippen molar-refractivity contribution in [1.82, 2.24) is 0 Å². The number of nitrogens with zero attached hydrogens (tertiary/aromatic N) is 1. The summed E-state index contributed by atoms with van der Waals surface area (Å²) in [5.74, 6) is 0. The average molecular weight is 169 g/mol. The molecule has 68 valence electrons. The molecule has 0 aromatic heterocycles. The van der Waals surface area contributed by atoms with E-state index in [1.807, 2.05) is 6.92 Å². The average Bonchev–Trinajstić information content (AvgIpc) is 2.34. The molecule has 1 fully saturated rings. The van der Waals surface area contributed by atoms with E-state index in [4.69, 9.17) is 10.00 Å². The van der Waals surface area contributed by atoms with Gasteiger partial charge in [0.1, 0.15) is 5.60 Å². The molecule has 1 aliphatic heterocycles. The molecule has 0 aliphatic carbocycles. The second-order valence-electron chi connectivity index (χ2n) is 3.92. The normalized spacial score (nSPS) is 36.4. The van der Waals surface area contributed by atoms with Gasteiger partial charge in [-0.3, -0.25) is 0 Å². The topological polar surface area (TPSA) is 53.2 Å². The van der Waals surface area contributed by atoms with Crippen molar-refractivity contribution in [2.24, 2.45) is 5.41 Å². The van der Waals surface area contributed by atoms with E-state index in [1.165, 1.54) is 0 Å². The largest absolute Gasteiger partial charge is 0.385 e. The predicted molar refractivity (Wildman–Crippen MR) is 44.4 cm³/mol. The van der Waals surface area contributed by atoms with E-state index in [2.05, 4.69) is 6.07 Å². The summed E-state index contributed by atoms with van der Waals surface area (Å²) in [4.78, 5) is 0. The lowest BCUT2D eigenvalue weighted by Crippen LogP contribution is -2.49. The number of aliphatic hydroxyl groups is 1. The van der Waals surface area contributed by atoms with Gasteiger partial charge in [-0.2, -0.15) is 5.26 Å². The summed E-state index contributed by atoms with van der Waals surface area (Å²) in [7, 11) is 0. The van der Waals surface area contributed by atoms with E-state index in [0.29, 0.717) is 13.0 Å². The van der Waals surface area contributed by atoms with Crippen molar-refractivity contribution in [2.45, 2.75) is 38.9 Å². The van der Waals surface area contributed by atoms with E-state index < -0.39 is 11.0 Å². The third kappa shape index (κ3) is 1.12. The van der Waals surface area contributed by atoms with Crippen molar-refractivity contribution in [3.8, 4) is 6.07 Å². The Hall–Kier alpha value is -0.590. The van der Waals surface area contributed by atoms with Crippen LogP contribution in [0.4, 0.5) is 0 Å². The van der Waals surface area contributed by atoms with Gasteiger partial charge in [0.15, 0.2) is 0 Å². The van der Waals surface area contributed by atoms with Crippen LogP contribution in [0.3, 0.4) is 0 Å². The molecule has 12 heavy (non-hydrogen) atoms. The maximum Gasteiger partial charge on any atom is 0.111 e. The number of hydrogen-bond donors (Lipinski definition) is 1. The van der Waals surface area contributed by atoms with E-state index in [1.54, 1.807) is 13.8 Å². The Balaban J connectivity index is 2.92. The van der Waals surface area contributed by atoms with Crippen molar-refractivity contribution < 1.29 is 9.84 Å². The zero-order valence-corrected chi connectivity index (χ0v) is 7.79. The van der Waals surface area contributed by atoms with Crippen molar-refractivity contribution in [2.75, 3.05) is 6.61 Å². The second-order valence-corrected chi connectivity index (χ2v) is 3.92. The minimum absolute atomic E-state index is 0.243. The van der Waals surface area contributed by atoms with Crippen LogP contribution in [0.5, 0.6) is 0 Å². The van der Waals surface area contributed by atoms with Crippen molar-refractivity contribution in [3.05, 3.63) is 0 Å². The van der Waals surface area contributed by atoms with Gasteiger partial charge in [-0.25, -0.2) is 0 Å². The van der Waals surface area contributed by atoms with Gasteiger partial charge >= 0.3 is 0 Å². The lowest BCUT2D eigenvalue weighted by atomic mass is 9.72. The number of nitriles is 1. The highest BCUT2D eigenvalue weighted by molar-refractivity contribution is 5.10. The Bertz CT molecular complexity index is 219. The Morgan fingerprint density at radius 3 is 2.58 bits per heavy atom. The molecule has 0 aromatic rings. The molecular weight excluding hydrogens is 154 g/mol. The molecule has 0 saturated carbocycles. The molecular formula is C9H15NO2. The van der Waals surface area contributed by atoms with Crippen molar-refractivity contribution >= 4 is 0 Å². The predicted octanol–water partition coefficient (Wildman–Crippen LogP) is 1.08. The van der Waals surface area contributed by atoms with Gasteiger partial charge in [-0.05, 0) is 20.8 Å². The van der Waals surface area contributed by atoms with Gasteiger partial charge in [-0.15, -0.1) is 0 Å². The van der Waals surface area contributed by atoms with Gasteiger partial charge in [-0.1, -0.05) is 0 Å². The minimum Gasteiger partial charge on any atom is -0.385 e. The first kappa shape index (κ1) is 9.50. The molecule has 0 bridgehead atoms. The molecule has 0 spiro atoms. The third-order valence-corrected chi connectivity index (χ3v) is 2.89. The van der Waals surface area contributed by atoms with Crippen LogP contribution in [-0.2, 0) is 4.74 Å². The monoisotopic (exact) mass is 169 g/mol. The summed E-state index contributed by atoms with van der Waals surface area (Å²) < 4.78 is 5.26. The summed E-state index contributed by atoms with van der Waals surface area (Å²) in [6, 6.07) is 2.12. The van der Waals surface area contributed by atoms with E-state index in [0.717, 1.165) is 0 Å². The summed E-state index contributed by atoms with van der Waals surface area (Å²) in [6.45, 7) is 5.85. The highest BCUT2D eigenvalue weighted by Crippen LogP contribution is 2.40. The molecule has 1 saturated heterocycles. The first-order valence-corrected chi connectivity index (χ1v) is 4.19. The molecule has 2 unspecified atom stereocenters. The molecule has 1 N–H and O–H groups in total. The second kappa shape index (κ2) is 2.72. The standard InChI is InChI=1S/C9H15NO2/c1-7-9(11,4-5-12-7)8(2,3)6-10/h7,11H,4-5H2,1-3H3. The number of rotatable bonds is 1. The zero-order chi connectivity index (χ0) is 9.41. The van der Waals surface area contributed by atoms with E-state index in [9.17, 15) is 5.11 Å². The molecule has 1 rings (SSSR count). The molecule has 1 aliphatic rings. The Kier molecular flexibility index (Phi) is 2.15. The van der Waals surface area contributed by atoms with Crippen LogP contribution in [0.15, 0.2) is 0 Å². The first-order valence-electron chi connectivity index (χ1n) is 4.19. The first-order chi connectivity index (χ1) is 5.44. The van der Waals surface area contributed by atoms with Crippen molar-refractivity contribution in [1.29, 1.82) is 5.26 Å². The molecule has 0 radical (unpaired) electrons. The summed E-state index contributed by atoms with van der Waals surface area (Å²) in [5, 5.41) is 19.0. The fourth-order valence-corrected chi connectivity index (χ4v) is 1.65. The molecule has 3 heteroatoms. The maximum absolute atomic E-state index is 10.1. The molecule has 3 nitrogen and oxygen atoms in total. The molecule has 0 amide bonds. The Morgan fingerprint density at radius 1 is 1.67 bits per heavy atom. The Labute approximate surface area is 73.0 Å². The summed E-state index contributed by atoms with van der Waals surface area (Å²) in [6.07, 6.45) is 0.307. The maximum atomic E-state index is 10.1. The number of ether oxygens (including phenoxy) is 1. The fourth-order valence-electron chi connectivity index (χ4n) is 1.65. The lowest BCUT2D eigenvalue weighted by Gasteiger charge is -2.36. The quantitative estimate of drug-likeness (QED) is 0.639. The number of hydrogen-bond acceptors (Lipinski definition) is 3. The lowest BCUT2D eigenvalue weighted by molar-refractivity contribution is -0.0846. The van der Waals surface area contributed by atoms with E-state index in [-0.39, 0.29) is 6.10 Å². The van der Waals surface area contributed by atoms with Gasteiger partial charge < -0.3 is 9.84 Å². The van der Waals surface area contributed by atoms with Crippen LogP contribution in [0, 0.1) is 16.7 Å². The highest BCUT2D eigenvalue weighted by Gasteiger charge is 2.51. The molecule has 2 atom stereocenters. The van der Waals surface area contributed by atoms with Gasteiger partial charge in [0, 0.05) is 13.0 Å². The van der Waals surface area contributed by atoms with Crippen LogP contribution < -0.4 is 0 Å². The van der Waals surface area contributed by atoms with Crippen LogP contribution in [-0.4, -0.2) is 23.4 Å². The van der Waals surface area contributed by atoms with Crippen molar-refractivity contribution in [3.63, 3.8) is 0 Å². The van der Waals surface area contributed by atoms with E-state index >= 15 is 0 Å². The van der Waals surface area contributed by atoms with Crippen LogP contribution in [0.2, 0.25) is 0 Å². The summed E-state index contributed by atoms with van der Waals surface area (Å²) in [5.41, 5.74) is -1.72. The SMILES string of the molecule is CC1OCCC1(O)C(C)(C)C#N.